The number of H-pyrrole nitrogens is 2. The molecule has 10 nitrogen and oxygen atoms in total. The Morgan fingerprint density at radius 1 is 1.08 bits per heavy atom. The Morgan fingerprint density at radius 3 is 2.67 bits per heavy atom. The Bertz CT molecular complexity index is 1710. The largest absolute Gasteiger partial charge is 0.508 e. The van der Waals surface area contributed by atoms with E-state index in [4.69, 9.17) is 0 Å². The average molecular weight is 490 g/mol. The van der Waals surface area contributed by atoms with Gasteiger partial charge in [0.25, 0.3) is 0 Å². The normalized spacial score (nSPS) is 11.6. The molecule has 5 aromatic rings. The summed E-state index contributed by atoms with van der Waals surface area (Å²) >= 11 is 0. The third-order valence-electron chi connectivity index (χ3n) is 6.14. The fourth-order valence-corrected chi connectivity index (χ4v) is 4.30. The average Bonchev–Trinajstić information content (AvgIpc) is 3.42. The van der Waals surface area contributed by atoms with Crippen molar-refractivity contribution in [2.75, 3.05) is 0 Å². The van der Waals surface area contributed by atoms with Crippen molar-refractivity contribution >= 4 is 10.9 Å². The molecule has 0 saturated carbocycles. The molecule has 0 fully saturated rings. The van der Waals surface area contributed by atoms with Crippen LogP contribution >= 0.6 is 0 Å². The van der Waals surface area contributed by atoms with Gasteiger partial charge in [-0.15, -0.1) is 0 Å². The molecule has 3 heterocycles. The van der Waals surface area contributed by atoms with E-state index >= 15 is 0 Å². The molecule has 0 bridgehead atoms. The quantitative estimate of drug-likeness (QED) is 0.288. The first-order chi connectivity index (χ1) is 17.2. The number of halogens is 1. The fraction of sp³-hybridized carbons (Fsp3) is 0.200. The van der Waals surface area contributed by atoms with Crippen molar-refractivity contribution in [2.24, 2.45) is 0 Å². The molecule has 0 radical (unpaired) electrons. The molecule has 0 unspecified atom stereocenters. The maximum absolute atomic E-state index is 13.9. The summed E-state index contributed by atoms with van der Waals surface area (Å²) in [5.74, 6) is -0.619. The maximum atomic E-state index is 13.9. The summed E-state index contributed by atoms with van der Waals surface area (Å²) < 4.78 is 17.2. The lowest BCUT2D eigenvalue weighted by molar-refractivity contribution is 0.444. The van der Waals surface area contributed by atoms with Gasteiger partial charge < -0.3 is 19.8 Å². The highest BCUT2D eigenvalue weighted by Crippen LogP contribution is 2.37. The molecular weight excluding hydrogens is 467 g/mol. The van der Waals surface area contributed by atoms with Crippen molar-refractivity contribution in [1.29, 1.82) is 0 Å². The van der Waals surface area contributed by atoms with Crippen LogP contribution in [0.4, 0.5) is 4.39 Å². The molecule has 0 saturated heterocycles. The number of hydrogen-bond acceptors (Lipinski definition) is 6. The van der Waals surface area contributed by atoms with E-state index < -0.39 is 17.2 Å². The number of nitrogens with zero attached hydrogens (tertiary/aromatic N) is 4. The van der Waals surface area contributed by atoms with Gasteiger partial charge in [0.05, 0.1) is 23.1 Å². The first-order valence-electron chi connectivity index (χ1n) is 11.3. The van der Waals surface area contributed by atoms with Gasteiger partial charge in [-0.3, -0.25) is 0 Å². The lowest BCUT2D eigenvalue weighted by atomic mass is 9.98. The Morgan fingerprint density at radius 2 is 1.89 bits per heavy atom. The lowest BCUT2D eigenvalue weighted by Gasteiger charge is -2.13. The van der Waals surface area contributed by atoms with Crippen LogP contribution in [0.5, 0.6) is 11.5 Å². The van der Waals surface area contributed by atoms with E-state index in [0.29, 0.717) is 23.4 Å². The molecule has 184 valence electrons. The molecule has 36 heavy (non-hydrogen) atoms. The van der Waals surface area contributed by atoms with Crippen LogP contribution in [0.2, 0.25) is 0 Å². The minimum absolute atomic E-state index is 0.0157. The van der Waals surface area contributed by atoms with Crippen LogP contribution in [0.3, 0.4) is 0 Å². The van der Waals surface area contributed by atoms with Gasteiger partial charge in [0.1, 0.15) is 11.5 Å². The van der Waals surface area contributed by atoms with E-state index in [9.17, 15) is 24.2 Å². The predicted octanol–water partition coefficient (Wildman–Crippen LogP) is 3.18. The highest BCUT2D eigenvalue weighted by atomic mass is 19.1. The molecule has 0 spiro atoms. The zero-order chi connectivity index (χ0) is 25.6. The van der Waals surface area contributed by atoms with Crippen molar-refractivity contribution in [1.82, 2.24) is 29.3 Å². The first kappa shape index (κ1) is 23.1. The van der Waals surface area contributed by atoms with Crippen molar-refractivity contribution in [3.63, 3.8) is 0 Å². The second-order valence-corrected chi connectivity index (χ2v) is 8.79. The number of aromatic hydroxyl groups is 2. The number of aromatic amines is 2. The zero-order valence-electron chi connectivity index (χ0n) is 19.5. The number of fused-ring (bicyclic) bond motifs is 1. The van der Waals surface area contributed by atoms with Gasteiger partial charge in [0.2, 0.25) is 0 Å². The molecule has 5 rings (SSSR count). The fourth-order valence-electron chi connectivity index (χ4n) is 4.30. The minimum Gasteiger partial charge on any atom is -0.508 e. The highest BCUT2D eigenvalue weighted by Gasteiger charge is 2.20. The molecule has 11 heteroatoms. The lowest BCUT2D eigenvalue weighted by Crippen LogP contribution is -2.16. The smallest absolute Gasteiger partial charge is 0.348 e. The van der Waals surface area contributed by atoms with Crippen LogP contribution in [-0.2, 0) is 13.0 Å². The number of rotatable bonds is 6. The van der Waals surface area contributed by atoms with Gasteiger partial charge in [-0.2, -0.15) is 10.1 Å². The second-order valence-electron chi connectivity index (χ2n) is 8.79. The van der Waals surface area contributed by atoms with Crippen molar-refractivity contribution in [3.05, 3.63) is 86.8 Å². The van der Waals surface area contributed by atoms with E-state index in [2.05, 4.69) is 20.2 Å². The monoisotopic (exact) mass is 490 g/mol. The molecule has 0 aliphatic heterocycles. The van der Waals surface area contributed by atoms with Crippen molar-refractivity contribution in [3.8, 4) is 28.6 Å². The number of phenolic OH excluding ortho intramolecular Hbond substituents is 2. The summed E-state index contributed by atoms with van der Waals surface area (Å²) in [5.41, 5.74) is 1.39. The SMILES string of the molecule is CC(C)c1cc(-c2n[nH]c(=O)n2-c2ccc3c(ccn3CCc3[nH]c(=O)ncc3F)c2)c(O)cc1O. The number of phenols is 2. The third kappa shape index (κ3) is 4.04. The molecule has 4 N–H and O–H groups in total. The number of benzene rings is 2. The summed E-state index contributed by atoms with van der Waals surface area (Å²) in [6.07, 6.45) is 3.01. The van der Waals surface area contributed by atoms with Crippen molar-refractivity contribution in [2.45, 2.75) is 32.7 Å². The van der Waals surface area contributed by atoms with Crippen LogP contribution in [0.15, 0.2) is 58.4 Å². The van der Waals surface area contributed by atoms with Gasteiger partial charge in [0.15, 0.2) is 11.6 Å². The molecule has 0 amide bonds. The number of hydrogen-bond donors (Lipinski definition) is 4. The summed E-state index contributed by atoms with van der Waals surface area (Å²) in [6.45, 7) is 4.23. The molecule has 0 aliphatic carbocycles. The van der Waals surface area contributed by atoms with E-state index in [0.717, 1.165) is 17.1 Å². The minimum atomic E-state index is -0.602. The van der Waals surface area contributed by atoms with E-state index in [1.807, 2.05) is 42.8 Å². The van der Waals surface area contributed by atoms with E-state index in [-0.39, 0.29) is 35.4 Å². The van der Waals surface area contributed by atoms with Crippen molar-refractivity contribution < 1.29 is 14.6 Å². The summed E-state index contributed by atoms with van der Waals surface area (Å²) in [7, 11) is 0. The number of nitrogens with one attached hydrogen (secondary N) is 2. The first-order valence-corrected chi connectivity index (χ1v) is 11.3. The second kappa shape index (κ2) is 8.84. The van der Waals surface area contributed by atoms with Crippen LogP contribution in [0.25, 0.3) is 28.0 Å². The molecule has 0 atom stereocenters. The topological polar surface area (TPSA) is 142 Å². The van der Waals surface area contributed by atoms with Crippen LogP contribution in [0.1, 0.15) is 31.0 Å². The predicted molar refractivity (Wildman–Crippen MR) is 131 cm³/mol. The van der Waals surface area contributed by atoms with Gasteiger partial charge in [0, 0.05) is 36.1 Å². The molecule has 2 aromatic carbocycles. The van der Waals surface area contributed by atoms with E-state index in [1.165, 1.54) is 10.6 Å². The Kier molecular flexibility index (Phi) is 5.67. The Balaban J connectivity index is 1.52. The molecule has 0 aliphatic rings. The zero-order valence-corrected chi connectivity index (χ0v) is 19.5. The molecule has 3 aromatic heterocycles. The van der Waals surface area contributed by atoms with Gasteiger partial charge in [-0.1, -0.05) is 13.8 Å². The Hall–Kier alpha value is -4.67. The number of aromatic nitrogens is 6. The molecular formula is C25H23FN6O4. The number of aryl methyl sites for hydroxylation is 2. The van der Waals surface area contributed by atoms with Gasteiger partial charge >= 0.3 is 11.4 Å². The third-order valence-corrected chi connectivity index (χ3v) is 6.14. The van der Waals surface area contributed by atoms with Crippen LogP contribution in [0, 0.1) is 5.82 Å². The van der Waals surface area contributed by atoms with Gasteiger partial charge in [-0.25, -0.2) is 23.6 Å². The Labute approximate surface area is 203 Å². The summed E-state index contributed by atoms with van der Waals surface area (Å²) in [4.78, 5) is 29.9. The summed E-state index contributed by atoms with van der Waals surface area (Å²) in [6, 6.07) is 10.1. The van der Waals surface area contributed by atoms with Crippen LogP contribution in [-0.4, -0.2) is 39.5 Å². The summed E-state index contributed by atoms with van der Waals surface area (Å²) in [5, 5.41) is 28.1. The standard InChI is InChI=1S/C25H23FN6O4/c1-13(2)16-10-17(22(34)11-21(16)33)23-29-30-25(36)32(23)15-3-4-20-14(9-15)5-7-31(20)8-6-19-18(26)12-27-24(35)28-19/h3-5,7,9-13,33-34H,6,8H2,1-2H3,(H,30,36)(H,27,28,35). The maximum Gasteiger partial charge on any atom is 0.348 e. The van der Waals surface area contributed by atoms with Crippen LogP contribution < -0.4 is 11.4 Å². The van der Waals surface area contributed by atoms with Gasteiger partial charge in [-0.05, 0) is 41.8 Å². The van der Waals surface area contributed by atoms with E-state index in [1.54, 1.807) is 12.1 Å². The highest BCUT2D eigenvalue weighted by molar-refractivity contribution is 5.83.